The molecule has 0 fully saturated rings. The monoisotopic (exact) mass is 271 g/mol. The number of aryl methyl sites for hydroxylation is 1. The number of hydrogen-bond donors (Lipinski definition) is 2. The highest BCUT2D eigenvalue weighted by atomic mass is 16.5. The summed E-state index contributed by atoms with van der Waals surface area (Å²) in [4.78, 5) is 11.8. The number of carbonyl (C=O) groups excluding carboxylic acids is 1. The summed E-state index contributed by atoms with van der Waals surface area (Å²) >= 11 is 0. The van der Waals surface area contributed by atoms with Crippen LogP contribution in [0.25, 0.3) is 0 Å². The van der Waals surface area contributed by atoms with Crippen LogP contribution in [0.2, 0.25) is 0 Å². The maximum absolute atomic E-state index is 11.8. The Bertz CT molecular complexity index is 582. The molecule has 104 valence electrons. The summed E-state index contributed by atoms with van der Waals surface area (Å²) in [5, 5.41) is 12.0. The molecule has 2 aromatic carbocycles. The molecular weight excluding hydrogens is 254 g/mol. The van der Waals surface area contributed by atoms with Crippen LogP contribution >= 0.6 is 0 Å². The van der Waals surface area contributed by atoms with E-state index in [1.807, 2.05) is 49.4 Å². The Labute approximate surface area is 118 Å². The standard InChI is InChI=1S/C16H17NO3/c1-12-6-5-9-14(10-18)15(12)17-16(19)20-11-13-7-3-2-4-8-13/h2-9,18H,10-11H2,1H3,(H,17,19). The van der Waals surface area contributed by atoms with Crippen molar-refractivity contribution in [2.45, 2.75) is 20.1 Å². The lowest BCUT2D eigenvalue weighted by atomic mass is 10.1. The average Bonchev–Trinajstić information content (AvgIpc) is 2.48. The van der Waals surface area contributed by atoms with Gasteiger partial charge in [-0.1, -0.05) is 48.5 Å². The van der Waals surface area contributed by atoms with E-state index in [2.05, 4.69) is 5.32 Å². The van der Waals surface area contributed by atoms with Crippen molar-refractivity contribution in [3.8, 4) is 0 Å². The second-order valence-electron chi connectivity index (χ2n) is 4.45. The summed E-state index contributed by atoms with van der Waals surface area (Å²) in [7, 11) is 0. The van der Waals surface area contributed by atoms with Crippen molar-refractivity contribution in [3.05, 3.63) is 65.2 Å². The topological polar surface area (TPSA) is 58.6 Å². The van der Waals surface area contributed by atoms with Gasteiger partial charge in [-0.2, -0.15) is 0 Å². The van der Waals surface area contributed by atoms with Gasteiger partial charge in [-0.25, -0.2) is 4.79 Å². The summed E-state index contributed by atoms with van der Waals surface area (Å²) in [6, 6.07) is 14.9. The Hall–Kier alpha value is -2.33. The van der Waals surface area contributed by atoms with Gasteiger partial charge in [0.1, 0.15) is 6.61 Å². The molecular formula is C16H17NO3. The Morgan fingerprint density at radius 2 is 1.90 bits per heavy atom. The number of nitrogens with one attached hydrogen (secondary N) is 1. The zero-order valence-corrected chi connectivity index (χ0v) is 11.3. The molecule has 0 aliphatic carbocycles. The fourth-order valence-corrected chi connectivity index (χ4v) is 1.90. The van der Waals surface area contributed by atoms with Crippen LogP contribution in [0.15, 0.2) is 48.5 Å². The molecule has 0 atom stereocenters. The molecule has 0 aliphatic rings. The van der Waals surface area contributed by atoms with E-state index < -0.39 is 6.09 Å². The zero-order valence-electron chi connectivity index (χ0n) is 11.3. The summed E-state index contributed by atoms with van der Waals surface area (Å²) in [5.41, 5.74) is 3.08. The molecule has 0 unspecified atom stereocenters. The number of para-hydroxylation sites is 1. The molecule has 2 N–H and O–H groups in total. The summed E-state index contributed by atoms with van der Waals surface area (Å²) in [5.74, 6) is 0. The number of aliphatic hydroxyl groups is 1. The fourth-order valence-electron chi connectivity index (χ4n) is 1.90. The first-order valence-corrected chi connectivity index (χ1v) is 6.37. The fraction of sp³-hybridized carbons (Fsp3) is 0.188. The molecule has 4 heteroatoms. The molecule has 20 heavy (non-hydrogen) atoms. The van der Waals surface area contributed by atoms with E-state index in [0.29, 0.717) is 11.3 Å². The lowest BCUT2D eigenvalue weighted by molar-refractivity contribution is 0.155. The van der Waals surface area contributed by atoms with Crippen molar-refractivity contribution in [2.75, 3.05) is 5.32 Å². The Balaban J connectivity index is 1.98. The van der Waals surface area contributed by atoms with Crippen molar-refractivity contribution >= 4 is 11.8 Å². The SMILES string of the molecule is Cc1cccc(CO)c1NC(=O)OCc1ccccc1. The highest BCUT2D eigenvalue weighted by Gasteiger charge is 2.09. The van der Waals surface area contributed by atoms with Gasteiger partial charge in [0.15, 0.2) is 0 Å². The normalized spacial score (nSPS) is 10.1. The van der Waals surface area contributed by atoms with Crippen molar-refractivity contribution in [3.63, 3.8) is 0 Å². The third-order valence-electron chi connectivity index (χ3n) is 2.97. The molecule has 0 saturated heterocycles. The molecule has 2 aromatic rings. The third kappa shape index (κ3) is 3.59. The van der Waals surface area contributed by atoms with Crippen molar-refractivity contribution in [2.24, 2.45) is 0 Å². The summed E-state index contributed by atoms with van der Waals surface area (Å²) in [6.45, 7) is 1.95. The smallest absolute Gasteiger partial charge is 0.411 e. The van der Waals surface area contributed by atoms with Crippen molar-refractivity contribution < 1.29 is 14.6 Å². The Kier molecular flexibility index (Phi) is 4.74. The van der Waals surface area contributed by atoms with Gasteiger partial charge in [-0.3, -0.25) is 5.32 Å². The van der Waals surface area contributed by atoms with Gasteiger partial charge in [0, 0.05) is 5.56 Å². The predicted molar refractivity (Wildman–Crippen MR) is 77.4 cm³/mol. The molecule has 0 heterocycles. The minimum Gasteiger partial charge on any atom is -0.444 e. The number of carbonyl (C=O) groups is 1. The first-order valence-electron chi connectivity index (χ1n) is 6.37. The van der Waals surface area contributed by atoms with Crippen LogP contribution < -0.4 is 5.32 Å². The lowest BCUT2D eigenvalue weighted by Gasteiger charge is -2.12. The average molecular weight is 271 g/mol. The molecule has 4 nitrogen and oxygen atoms in total. The quantitative estimate of drug-likeness (QED) is 0.897. The van der Waals surface area contributed by atoms with E-state index >= 15 is 0 Å². The Morgan fingerprint density at radius 1 is 1.15 bits per heavy atom. The zero-order chi connectivity index (χ0) is 14.4. The van der Waals surface area contributed by atoms with E-state index in [9.17, 15) is 9.90 Å². The van der Waals surface area contributed by atoms with Gasteiger partial charge in [-0.15, -0.1) is 0 Å². The van der Waals surface area contributed by atoms with Crippen LogP contribution in [-0.2, 0) is 18.0 Å². The van der Waals surface area contributed by atoms with Gasteiger partial charge in [0.05, 0.1) is 12.3 Å². The molecule has 0 spiro atoms. The van der Waals surface area contributed by atoms with Gasteiger partial charge < -0.3 is 9.84 Å². The third-order valence-corrected chi connectivity index (χ3v) is 2.97. The predicted octanol–water partition coefficient (Wildman–Crippen LogP) is 3.24. The highest BCUT2D eigenvalue weighted by Crippen LogP contribution is 2.20. The van der Waals surface area contributed by atoms with Crippen molar-refractivity contribution in [1.29, 1.82) is 0 Å². The minimum absolute atomic E-state index is 0.129. The van der Waals surface area contributed by atoms with Crippen LogP contribution in [0.1, 0.15) is 16.7 Å². The van der Waals surface area contributed by atoms with E-state index in [1.165, 1.54) is 0 Å². The van der Waals surface area contributed by atoms with Crippen LogP contribution in [0.5, 0.6) is 0 Å². The molecule has 2 rings (SSSR count). The first kappa shape index (κ1) is 14.1. The second kappa shape index (κ2) is 6.73. The summed E-state index contributed by atoms with van der Waals surface area (Å²) < 4.78 is 5.15. The molecule has 0 bridgehead atoms. The second-order valence-corrected chi connectivity index (χ2v) is 4.45. The lowest BCUT2D eigenvalue weighted by Crippen LogP contribution is -2.15. The van der Waals surface area contributed by atoms with Crippen LogP contribution in [0.3, 0.4) is 0 Å². The number of amides is 1. The first-order chi connectivity index (χ1) is 9.70. The van der Waals surface area contributed by atoms with Gasteiger partial charge in [-0.05, 0) is 18.1 Å². The van der Waals surface area contributed by atoms with Crippen LogP contribution in [0, 0.1) is 6.92 Å². The van der Waals surface area contributed by atoms with Gasteiger partial charge in [0.2, 0.25) is 0 Å². The van der Waals surface area contributed by atoms with Crippen LogP contribution in [0.4, 0.5) is 10.5 Å². The van der Waals surface area contributed by atoms with E-state index in [1.54, 1.807) is 6.07 Å². The molecule has 0 radical (unpaired) electrons. The number of ether oxygens (including phenoxy) is 1. The van der Waals surface area contributed by atoms with E-state index in [0.717, 1.165) is 11.1 Å². The number of hydrogen-bond acceptors (Lipinski definition) is 3. The van der Waals surface area contributed by atoms with Crippen molar-refractivity contribution in [1.82, 2.24) is 0 Å². The van der Waals surface area contributed by atoms with E-state index in [4.69, 9.17) is 4.74 Å². The minimum atomic E-state index is -0.530. The summed E-state index contributed by atoms with van der Waals surface area (Å²) in [6.07, 6.45) is -0.530. The largest absolute Gasteiger partial charge is 0.444 e. The van der Waals surface area contributed by atoms with E-state index in [-0.39, 0.29) is 13.2 Å². The van der Waals surface area contributed by atoms with Crippen LogP contribution in [-0.4, -0.2) is 11.2 Å². The van der Waals surface area contributed by atoms with Gasteiger partial charge in [0.25, 0.3) is 0 Å². The van der Waals surface area contributed by atoms with Gasteiger partial charge >= 0.3 is 6.09 Å². The number of rotatable bonds is 4. The molecule has 1 amide bonds. The highest BCUT2D eigenvalue weighted by molar-refractivity contribution is 5.86. The number of benzene rings is 2. The molecule has 0 saturated carbocycles. The number of anilines is 1. The Morgan fingerprint density at radius 3 is 2.60 bits per heavy atom. The maximum Gasteiger partial charge on any atom is 0.411 e. The number of aliphatic hydroxyl groups excluding tert-OH is 1. The molecule has 0 aliphatic heterocycles. The maximum atomic E-state index is 11.8. The molecule has 0 aromatic heterocycles.